The Labute approximate surface area is 135 Å². The van der Waals surface area contributed by atoms with Crippen LogP contribution >= 0.6 is 0 Å². The Bertz CT molecular complexity index is 906. The molecule has 7 heteroatoms. The van der Waals surface area contributed by atoms with Gasteiger partial charge in [-0.25, -0.2) is 5.10 Å². The van der Waals surface area contributed by atoms with Crippen LogP contribution in [0.1, 0.15) is 22.4 Å². The van der Waals surface area contributed by atoms with Gasteiger partial charge in [0.1, 0.15) is 11.8 Å². The number of hydrogen-bond donors (Lipinski definition) is 1. The van der Waals surface area contributed by atoms with Crippen molar-refractivity contribution in [3.05, 3.63) is 70.9 Å². The highest BCUT2D eigenvalue weighted by Crippen LogP contribution is 2.30. The fourth-order valence-corrected chi connectivity index (χ4v) is 2.43. The lowest BCUT2D eigenvalue weighted by Crippen LogP contribution is -2.05. The van der Waals surface area contributed by atoms with E-state index in [-0.39, 0.29) is 5.69 Å². The molecule has 3 aromatic rings. The summed E-state index contributed by atoms with van der Waals surface area (Å²) in [6.07, 6.45) is -4.02. The van der Waals surface area contributed by atoms with Gasteiger partial charge in [0, 0.05) is 5.56 Å². The molecule has 0 radical (unpaired) electrons. The SMILES string of the molecule is N#Cc1[nH]nnc1-c1cccc(Cc2cccc(C(F)(F)F)c2)c1. The lowest BCUT2D eigenvalue weighted by Gasteiger charge is -2.09. The number of benzene rings is 2. The molecule has 0 amide bonds. The monoisotopic (exact) mass is 328 g/mol. The van der Waals surface area contributed by atoms with E-state index in [0.29, 0.717) is 23.2 Å². The molecule has 0 aliphatic carbocycles. The Hall–Kier alpha value is -3.14. The second kappa shape index (κ2) is 6.16. The first-order valence-electron chi connectivity index (χ1n) is 7.04. The van der Waals surface area contributed by atoms with Crippen molar-refractivity contribution < 1.29 is 13.2 Å². The van der Waals surface area contributed by atoms with Crippen LogP contribution in [-0.2, 0) is 12.6 Å². The van der Waals surface area contributed by atoms with Gasteiger partial charge in [-0.2, -0.15) is 18.4 Å². The van der Waals surface area contributed by atoms with Crippen LogP contribution in [0.4, 0.5) is 13.2 Å². The van der Waals surface area contributed by atoms with Crippen molar-refractivity contribution in [2.24, 2.45) is 0 Å². The van der Waals surface area contributed by atoms with E-state index in [4.69, 9.17) is 5.26 Å². The summed E-state index contributed by atoms with van der Waals surface area (Å²) in [5.74, 6) is 0. The van der Waals surface area contributed by atoms with Gasteiger partial charge in [-0.05, 0) is 29.7 Å². The lowest BCUT2D eigenvalue weighted by molar-refractivity contribution is -0.137. The normalized spacial score (nSPS) is 11.2. The van der Waals surface area contributed by atoms with Crippen molar-refractivity contribution in [1.29, 1.82) is 5.26 Å². The number of hydrogen-bond acceptors (Lipinski definition) is 3. The summed E-state index contributed by atoms with van der Waals surface area (Å²) in [4.78, 5) is 0. The van der Waals surface area contributed by atoms with Crippen LogP contribution in [0.3, 0.4) is 0 Å². The molecule has 0 unspecified atom stereocenters. The maximum atomic E-state index is 12.8. The molecule has 4 nitrogen and oxygen atoms in total. The quantitative estimate of drug-likeness (QED) is 0.791. The van der Waals surface area contributed by atoms with Crippen molar-refractivity contribution in [3.8, 4) is 17.3 Å². The molecular formula is C17H11F3N4. The van der Waals surface area contributed by atoms with E-state index >= 15 is 0 Å². The van der Waals surface area contributed by atoms with Crippen molar-refractivity contribution in [2.75, 3.05) is 0 Å². The zero-order chi connectivity index (χ0) is 17.2. The molecule has 0 fully saturated rings. The van der Waals surface area contributed by atoms with Gasteiger partial charge in [0.15, 0.2) is 5.69 Å². The third-order valence-electron chi connectivity index (χ3n) is 3.52. The van der Waals surface area contributed by atoms with Gasteiger partial charge in [-0.15, -0.1) is 5.10 Å². The number of H-pyrrole nitrogens is 1. The summed E-state index contributed by atoms with van der Waals surface area (Å²) in [5.41, 5.74) is 2.06. The molecule has 24 heavy (non-hydrogen) atoms. The fourth-order valence-electron chi connectivity index (χ4n) is 2.43. The molecule has 1 N–H and O–H groups in total. The van der Waals surface area contributed by atoms with Gasteiger partial charge in [0.2, 0.25) is 0 Å². The number of aromatic nitrogens is 3. The minimum Gasteiger partial charge on any atom is -0.247 e. The third-order valence-corrected chi connectivity index (χ3v) is 3.52. The number of aromatic amines is 1. The van der Waals surface area contributed by atoms with Gasteiger partial charge in [-0.1, -0.05) is 41.6 Å². The van der Waals surface area contributed by atoms with Gasteiger partial charge in [0.05, 0.1) is 5.56 Å². The summed E-state index contributed by atoms with van der Waals surface area (Å²) in [5, 5.41) is 19.0. The molecule has 1 heterocycles. The number of nitrogens with one attached hydrogen (secondary N) is 1. The van der Waals surface area contributed by atoms with Crippen molar-refractivity contribution in [1.82, 2.24) is 15.4 Å². The highest BCUT2D eigenvalue weighted by Gasteiger charge is 2.30. The molecule has 1 aromatic heterocycles. The maximum Gasteiger partial charge on any atom is 0.416 e. The van der Waals surface area contributed by atoms with Gasteiger partial charge >= 0.3 is 6.18 Å². The van der Waals surface area contributed by atoms with Crippen LogP contribution in [0, 0.1) is 11.3 Å². The predicted octanol–water partition coefficient (Wildman–Crippen LogP) is 3.95. The van der Waals surface area contributed by atoms with E-state index in [1.165, 1.54) is 6.07 Å². The first-order chi connectivity index (χ1) is 11.5. The lowest BCUT2D eigenvalue weighted by atomic mass is 10.00. The fraction of sp³-hybridized carbons (Fsp3) is 0.118. The molecule has 0 saturated heterocycles. The second-order valence-electron chi connectivity index (χ2n) is 5.22. The Morgan fingerprint density at radius 2 is 1.75 bits per heavy atom. The number of halogens is 3. The predicted molar refractivity (Wildman–Crippen MR) is 80.8 cm³/mol. The molecule has 0 aliphatic rings. The standard InChI is InChI=1S/C17H11F3N4/c18-17(19,20)14-6-2-4-12(9-14)7-11-3-1-5-13(8-11)16-15(10-21)22-24-23-16/h1-6,8-9H,7H2,(H,22,23,24). The van der Waals surface area contributed by atoms with E-state index in [9.17, 15) is 13.2 Å². The summed E-state index contributed by atoms with van der Waals surface area (Å²) in [6.45, 7) is 0. The molecule has 0 spiro atoms. The molecule has 0 bridgehead atoms. The molecule has 2 aromatic carbocycles. The molecule has 0 aliphatic heterocycles. The largest absolute Gasteiger partial charge is 0.416 e. The van der Waals surface area contributed by atoms with E-state index in [2.05, 4.69) is 15.4 Å². The van der Waals surface area contributed by atoms with Gasteiger partial charge in [-0.3, -0.25) is 0 Å². The van der Waals surface area contributed by atoms with Gasteiger partial charge in [0.25, 0.3) is 0 Å². The maximum absolute atomic E-state index is 12.8. The first-order valence-corrected chi connectivity index (χ1v) is 7.04. The number of nitrogens with zero attached hydrogens (tertiary/aromatic N) is 3. The number of nitriles is 1. The van der Waals surface area contributed by atoms with Crippen LogP contribution in [0.15, 0.2) is 48.5 Å². The Balaban J connectivity index is 1.90. The van der Waals surface area contributed by atoms with E-state index in [1.807, 2.05) is 12.1 Å². The van der Waals surface area contributed by atoms with E-state index in [1.54, 1.807) is 24.3 Å². The molecular weight excluding hydrogens is 317 g/mol. The van der Waals surface area contributed by atoms with Crippen molar-refractivity contribution >= 4 is 0 Å². The van der Waals surface area contributed by atoms with E-state index < -0.39 is 11.7 Å². The van der Waals surface area contributed by atoms with Crippen LogP contribution < -0.4 is 0 Å². The summed E-state index contributed by atoms with van der Waals surface area (Å²) >= 11 is 0. The zero-order valence-corrected chi connectivity index (χ0v) is 12.3. The molecule has 120 valence electrons. The highest BCUT2D eigenvalue weighted by atomic mass is 19.4. The summed E-state index contributed by atoms with van der Waals surface area (Å²) < 4.78 is 38.4. The van der Waals surface area contributed by atoms with Crippen LogP contribution in [-0.4, -0.2) is 15.4 Å². The first kappa shape index (κ1) is 15.7. The smallest absolute Gasteiger partial charge is 0.247 e. The van der Waals surface area contributed by atoms with E-state index in [0.717, 1.165) is 17.7 Å². The van der Waals surface area contributed by atoms with Crippen molar-refractivity contribution in [2.45, 2.75) is 12.6 Å². The number of alkyl halides is 3. The minimum atomic E-state index is -4.36. The van der Waals surface area contributed by atoms with Crippen LogP contribution in [0.5, 0.6) is 0 Å². The average molecular weight is 328 g/mol. The highest BCUT2D eigenvalue weighted by molar-refractivity contribution is 5.64. The van der Waals surface area contributed by atoms with Gasteiger partial charge < -0.3 is 0 Å². The summed E-state index contributed by atoms with van der Waals surface area (Å²) in [7, 11) is 0. The minimum absolute atomic E-state index is 0.242. The Kier molecular flexibility index (Phi) is 4.04. The average Bonchev–Trinajstić information content (AvgIpc) is 3.03. The zero-order valence-electron chi connectivity index (χ0n) is 12.3. The van der Waals surface area contributed by atoms with Crippen LogP contribution in [0.2, 0.25) is 0 Å². The second-order valence-corrected chi connectivity index (χ2v) is 5.22. The molecule has 3 rings (SSSR count). The molecule has 0 saturated carbocycles. The van der Waals surface area contributed by atoms with Crippen LogP contribution in [0.25, 0.3) is 11.3 Å². The molecule has 0 atom stereocenters. The summed E-state index contributed by atoms with van der Waals surface area (Å²) in [6, 6.07) is 14.4. The third kappa shape index (κ3) is 3.27. The van der Waals surface area contributed by atoms with Crippen molar-refractivity contribution in [3.63, 3.8) is 0 Å². The Morgan fingerprint density at radius 3 is 2.46 bits per heavy atom. The Morgan fingerprint density at radius 1 is 1.04 bits per heavy atom. The topological polar surface area (TPSA) is 65.4 Å². The number of rotatable bonds is 3.